The minimum atomic E-state index is -0.365. The average Bonchev–Trinajstić information content (AvgIpc) is 2.67. The van der Waals surface area contributed by atoms with Crippen LogP contribution in [0.1, 0.15) is 15.9 Å². The first-order chi connectivity index (χ1) is 11.7. The second-order valence-electron chi connectivity index (χ2n) is 5.47. The molecule has 0 aliphatic carbocycles. The molecule has 1 N–H and O–H groups in total. The van der Waals surface area contributed by atoms with E-state index in [9.17, 15) is 9.90 Å². The van der Waals surface area contributed by atoms with Gasteiger partial charge in [0.05, 0.1) is 19.3 Å². The van der Waals surface area contributed by atoms with Gasteiger partial charge in [-0.3, -0.25) is 0 Å². The lowest BCUT2D eigenvalue weighted by molar-refractivity contribution is 0.0601. The molecule has 0 atom stereocenters. The van der Waals surface area contributed by atoms with Gasteiger partial charge in [0, 0.05) is 0 Å². The lowest BCUT2D eigenvalue weighted by Crippen LogP contribution is -2.03. The molecule has 0 heterocycles. The molecule has 0 radical (unpaired) electrons. The fraction of sp³-hybridized carbons (Fsp3) is 0.0952. The highest BCUT2D eigenvalue weighted by Gasteiger charge is 2.14. The van der Waals surface area contributed by atoms with E-state index >= 15 is 0 Å². The van der Waals surface area contributed by atoms with Gasteiger partial charge in [-0.1, -0.05) is 60.7 Å². The largest absolute Gasteiger partial charge is 0.465 e. The van der Waals surface area contributed by atoms with E-state index in [0.717, 1.165) is 27.8 Å². The molecule has 3 heteroatoms. The van der Waals surface area contributed by atoms with E-state index in [1.165, 1.54) is 7.11 Å². The Morgan fingerprint density at radius 3 is 2.17 bits per heavy atom. The molecule has 0 saturated heterocycles. The van der Waals surface area contributed by atoms with Crippen LogP contribution in [0.2, 0.25) is 0 Å². The maximum absolute atomic E-state index is 12.1. The zero-order valence-corrected chi connectivity index (χ0v) is 13.4. The molecule has 120 valence electrons. The number of hydrogen-bond acceptors (Lipinski definition) is 3. The minimum Gasteiger partial charge on any atom is -0.465 e. The van der Waals surface area contributed by atoms with Crippen LogP contribution in [0.5, 0.6) is 0 Å². The number of esters is 1. The summed E-state index contributed by atoms with van der Waals surface area (Å²) in [5.41, 5.74) is 5.19. The van der Waals surface area contributed by atoms with E-state index in [4.69, 9.17) is 4.74 Å². The Labute approximate surface area is 141 Å². The highest BCUT2D eigenvalue weighted by Crippen LogP contribution is 2.30. The summed E-state index contributed by atoms with van der Waals surface area (Å²) in [4.78, 5) is 12.1. The third kappa shape index (κ3) is 3.21. The third-order valence-electron chi connectivity index (χ3n) is 3.98. The molecule has 3 rings (SSSR count). The molecule has 0 unspecified atom stereocenters. The van der Waals surface area contributed by atoms with Crippen molar-refractivity contribution in [3.05, 3.63) is 83.9 Å². The highest BCUT2D eigenvalue weighted by atomic mass is 16.5. The van der Waals surface area contributed by atoms with Crippen LogP contribution < -0.4 is 0 Å². The van der Waals surface area contributed by atoms with Crippen molar-refractivity contribution in [1.29, 1.82) is 0 Å². The number of rotatable bonds is 4. The first kappa shape index (κ1) is 16.0. The van der Waals surface area contributed by atoms with Gasteiger partial charge in [0.15, 0.2) is 0 Å². The molecule has 0 bridgehead atoms. The van der Waals surface area contributed by atoms with Crippen molar-refractivity contribution in [2.75, 3.05) is 7.11 Å². The lowest BCUT2D eigenvalue weighted by Gasteiger charge is -2.12. The molecule has 3 aromatic carbocycles. The van der Waals surface area contributed by atoms with Crippen LogP contribution in [0, 0.1) is 0 Å². The predicted molar refractivity (Wildman–Crippen MR) is 94.6 cm³/mol. The summed E-state index contributed by atoms with van der Waals surface area (Å²) in [6, 6.07) is 23.2. The zero-order valence-electron chi connectivity index (χ0n) is 13.4. The van der Waals surface area contributed by atoms with E-state index in [1.807, 2.05) is 66.7 Å². The summed E-state index contributed by atoms with van der Waals surface area (Å²) >= 11 is 0. The molecular weight excluding hydrogens is 300 g/mol. The van der Waals surface area contributed by atoms with Crippen LogP contribution in [0.4, 0.5) is 0 Å². The predicted octanol–water partition coefficient (Wildman–Crippen LogP) is 4.30. The Morgan fingerprint density at radius 2 is 1.54 bits per heavy atom. The number of methoxy groups -OCH3 is 1. The fourth-order valence-corrected chi connectivity index (χ4v) is 2.67. The van der Waals surface area contributed by atoms with E-state index < -0.39 is 0 Å². The summed E-state index contributed by atoms with van der Waals surface area (Å²) in [6.45, 7) is -0.00576. The van der Waals surface area contributed by atoms with Crippen LogP contribution in [-0.2, 0) is 11.3 Å². The summed E-state index contributed by atoms with van der Waals surface area (Å²) in [5, 5.41) is 9.20. The lowest BCUT2D eigenvalue weighted by atomic mass is 9.94. The molecule has 0 aliphatic rings. The zero-order chi connectivity index (χ0) is 16.9. The van der Waals surface area contributed by atoms with E-state index in [2.05, 4.69) is 0 Å². The van der Waals surface area contributed by atoms with E-state index in [-0.39, 0.29) is 12.6 Å². The van der Waals surface area contributed by atoms with Gasteiger partial charge in [-0.2, -0.15) is 0 Å². The van der Waals surface area contributed by atoms with Gasteiger partial charge in [0.2, 0.25) is 0 Å². The van der Waals surface area contributed by atoms with Crippen molar-refractivity contribution in [3.8, 4) is 22.3 Å². The summed E-state index contributed by atoms with van der Waals surface area (Å²) in [6.07, 6.45) is 0. The first-order valence-corrected chi connectivity index (χ1v) is 7.71. The SMILES string of the molecule is COC(=O)c1ccc(-c2ccccc2)cc1-c1ccc(CO)cc1. The molecule has 0 aromatic heterocycles. The molecule has 0 aliphatic heterocycles. The topological polar surface area (TPSA) is 46.5 Å². The van der Waals surface area contributed by atoms with Crippen LogP contribution in [0.3, 0.4) is 0 Å². The van der Waals surface area contributed by atoms with Gasteiger partial charge in [-0.25, -0.2) is 4.79 Å². The molecule has 0 fully saturated rings. The van der Waals surface area contributed by atoms with Crippen molar-refractivity contribution >= 4 is 5.97 Å². The van der Waals surface area contributed by atoms with Crippen molar-refractivity contribution in [1.82, 2.24) is 0 Å². The number of carbonyl (C=O) groups is 1. The quantitative estimate of drug-likeness (QED) is 0.730. The number of aliphatic hydroxyl groups excluding tert-OH is 1. The van der Waals surface area contributed by atoms with Gasteiger partial charge in [-0.15, -0.1) is 0 Å². The Bertz CT molecular complexity index is 837. The van der Waals surface area contributed by atoms with Crippen molar-refractivity contribution in [3.63, 3.8) is 0 Å². The molecular formula is C21H18O3. The Kier molecular flexibility index (Phi) is 4.73. The molecule has 3 aromatic rings. The van der Waals surface area contributed by atoms with Crippen LogP contribution >= 0.6 is 0 Å². The van der Waals surface area contributed by atoms with Gasteiger partial charge in [0.25, 0.3) is 0 Å². The summed E-state index contributed by atoms with van der Waals surface area (Å²) < 4.78 is 4.91. The highest BCUT2D eigenvalue weighted by molar-refractivity contribution is 5.98. The molecule has 24 heavy (non-hydrogen) atoms. The number of benzene rings is 3. The van der Waals surface area contributed by atoms with Crippen molar-refractivity contribution < 1.29 is 14.6 Å². The fourth-order valence-electron chi connectivity index (χ4n) is 2.67. The maximum Gasteiger partial charge on any atom is 0.338 e. The smallest absolute Gasteiger partial charge is 0.338 e. The number of carbonyl (C=O) groups excluding carboxylic acids is 1. The Balaban J connectivity index is 2.13. The standard InChI is InChI=1S/C21H18O3/c1-24-21(23)19-12-11-18(16-5-3-2-4-6-16)13-20(19)17-9-7-15(14-22)8-10-17/h2-13,22H,14H2,1H3. The molecule has 0 amide bonds. The first-order valence-electron chi connectivity index (χ1n) is 7.71. The summed E-state index contributed by atoms with van der Waals surface area (Å²) in [7, 11) is 1.38. The second kappa shape index (κ2) is 7.11. The van der Waals surface area contributed by atoms with Crippen LogP contribution in [0.15, 0.2) is 72.8 Å². The average molecular weight is 318 g/mol. The summed E-state index contributed by atoms with van der Waals surface area (Å²) in [5.74, 6) is -0.365. The normalized spacial score (nSPS) is 10.4. The second-order valence-corrected chi connectivity index (χ2v) is 5.47. The van der Waals surface area contributed by atoms with E-state index in [1.54, 1.807) is 6.07 Å². The number of aliphatic hydroxyl groups is 1. The molecule has 0 saturated carbocycles. The Hall–Kier alpha value is -2.91. The third-order valence-corrected chi connectivity index (χ3v) is 3.98. The van der Waals surface area contributed by atoms with Crippen molar-refractivity contribution in [2.24, 2.45) is 0 Å². The van der Waals surface area contributed by atoms with Crippen molar-refractivity contribution in [2.45, 2.75) is 6.61 Å². The van der Waals surface area contributed by atoms with E-state index in [0.29, 0.717) is 5.56 Å². The molecule has 3 nitrogen and oxygen atoms in total. The van der Waals surface area contributed by atoms with Gasteiger partial charge in [-0.05, 0) is 39.9 Å². The van der Waals surface area contributed by atoms with Gasteiger partial charge in [0.1, 0.15) is 0 Å². The monoisotopic (exact) mass is 318 g/mol. The maximum atomic E-state index is 12.1. The van der Waals surface area contributed by atoms with Gasteiger partial charge >= 0.3 is 5.97 Å². The van der Waals surface area contributed by atoms with Crippen LogP contribution in [0.25, 0.3) is 22.3 Å². The van der Waals surface area contributed by atoms with Crippen LogP contribution in [-0.4, -0.2) is 18.2 Å². The van der Waals surface area contributed by atoms with Gasteiger partial charge < -0.3 is 9.84 Å². The number of hydrogen-bond donors (Lipinski definition) is 1. The number of ether oxygens (including phenoxy) is 1. The molecule has 0 spiro atoms. The minimum absolute atomic E-state index is 0.00576. The Morgan fingerprint density at radius 1 is 0.875 bits per heavy atom.